The summed E-state index contributed by atoms with van der Waals surface area (Å²) >= 11 is 0. The molecule has 0 aliphatic heterocycles. The van der Waals surface area contributed by atoms with Gasteiger partial charge in [-0.1, -0.05) is 12.1 Å². The number of nitro benzene ring substituents is 1. The van der Waals surface area contributed by atoms with Crippen LogP contribution in [0.2, 0.25) is 0 Å². The highest BCUT2D eigenvalue weighted by atomic mass is 16.6. The summed E-state index contributed by atoms with van der Waals surface area (Å²) in [6, 6.07) is 12.7. The van der Waals surface area contributed by atoms with Crippen molar-refractivity contribution in [2.45, 2.75) is 6.54 Å². The lowest BCUT2D eigenvalue weighted by molar-refractivity contribution is -0.384. The van der Waals surface area contributed by atoms with Gasteiger partial charge in [0.15, 0.2) is 0 Å². The lowest BCUT2D eigenvalue weighted by atomic mass is 10.1. The summed E-state index contributed by atoms with van der Waals surface area (Å²) in [5.41, 5.74) is 7.29. The summed E-state index contributed by atoms with van der Waals surface area (Å²) in [7, 11) is 0. The summed E-state index contributed by atoms with van der Waals surface area (Å²) in [5, 5.41) is 13.3. The Morgan fingerprint density at radius 3 is 2.55 bits per heavy atom. The third kappa shape index (κ3) is 3.32. The summed E-state index contributed by atoms with van der Waals surface area (Å²) in [4.78, 5) is 22.0. The maximum atomic E-state index is 11.9. The van der Waals surface area contributed by atoms with Crippen molar-refractivity contribution in [3.8, 4) is 0 Å². The molecule has 0 fully saturated rings. The average molecular weight is 271 g/mol. The molecular formula is C14H13N3O3. The molecule has 102 valence electrons. The Bertz CT molecular complexity index is 638. The zero-order chi connectivity index (χ0) is 14.5. The van der Waals surface area contributed by atoms with E-state index < -0.39 is 4.92 Å². The normalized spacial score (nSPS) is 10.0. The number of hydrogen-bond donors (Lipinski definition) is 2. The van der Waals surface area contributed by atoms with E-state index in [0.717, 1.165) is 0 Å². The Morgan fingerprint density at radius 2 is 1.90 bits per heavy atom. The number of nitrogen functional groups attached to an aromatic ring is 1. The van der Waals surface area contributed by atoms with E-state index in [2.05, 4.69) is 5.32 Å². The molecule has 3 N–H and O–H groups in total. The Balaban J connectivity index is 2.01. The third-order valence-corrected chi connectivity index (χ3v) is 2.75. The van der Waals surface area contributed by atoms with E-state index >= 15 is 0 Å². The molecule has 0 saturated carbocycles. The molecular weight excluding hydrogens is 258 g/mol. The molecule has 0 radical (unpaired) electrons. The Labute approximate surface area is 115 Å². The molecule has 6 heteroatoms. The van der Waals surface area contributed by atoms with E-state index in [1.165, 1.54) is 12.1 Å². The fraction of sp³-hybridized carbons (Fsp3) is 0.0714. The highest BCUT2D eigenvalue weighted by Gasteiger charge is 2.08. The van der Waals surface area contributed by atoms with Crippen molar-refractivity contribution < 1.29 is 9.72 Å². The average Bonchev–Trinajstić information content (AvgIpc) is 2.46. The monoisotopic (exact) mass is 271 g/mol. The molecule has 0 spiro atoms. The SMILES string of the molecule is Nc1ccc(C(=O)NCc2cccc([N+](=O)[O-])c2)cc1. The van der Waals surface area contributed by atoms with Crippen molar-refractivity contribution >= 4 is 17.3 Å². The molecule has 0 aromatic heterocycles. The Hall–Kier alpha value is -2.89. The zero-order valence-electron chi connectivity index (χ0n) is 10.6. The minimum atomic E-state index is -0.467. The predicted molar refractivity (Wildman–Crippen MR) is 75.1 cm³/mol. The van der Waals surface area contributed by atoms with E-state index in [-0.39, 0.29) is 18.1 Å². The van der Waals surface area contributed by atoms with Gasteiger partial charge in [-0.15, -0.1) is 0 Å². The lowest BCUT2D eigenvalue weighted by Gasteiger charge is -2.05. The van der Waals surface area contributed by atoms with Crippen molar-refractivity contribution in [1.82, 2.24) is 5.32 Å². The molecule has 2 aromatic carbocycles. The van der Waals surface area contributed by atoms with Gasteiger partial charge in [0.2, 0.25) is 0 Å². The van der Waals surface area contributed by atoms with E-state index in [9.17, 15) is 14.9 Å². The van der Waals surface area contributed by atoms with Crippen molar-refractivity contribution in [1.29, 1.82) is 0 Å². The van der Waals surface area contributed by atoms with Crippen LogP contribution in [-0.4, -0.2) is 10.8 Å². The van der Waals surface area contributed by atoms with E-state index in [1.807, 2.05) is 0 Å². The Morgan fingerprint density at radius 1 is 1.20 bits per heavy atom. The second-order valence-electron chi connectivity index (χ2n) is 4.23. The first-order chi connectivity index (χ1) is 9.56. The van der Waals surface area contributed by atoms with Gasteiger partial charge in [0.05, 0.1) is 4.92 Å². The maximum absolute atomic E-state index is 11.9. The molecule has 2 rings (SSSR count). The molecule has 0 unspecified atom stereocenters. The second kappa shape index (κ2) is 5.83. The van der Waals surface area contributed by atoms with Crippen molar-refractivity contribution in [3.63, 3.8) is 0 Å². The van der Waals surface area contributed by atoms with Gasteiger partial charge in [0.25, 0.3) is 11.6 Å². The molecule has 0 aliphatic rings. The number of amides is 1. The van der Waals surface area contributed by atoms with E-state index in [4.69, 9.17) is 5.73 Å². The van der Waals surface area contributed by atoms with Crippen LogP contribution in [0.25, 0.3) is 0 Å². The number of anilines is 1. The van der Waals surface area contributed by atoms with Crippen LogP contribution in [0.4, 0.5) is 11.4 Å². The highest BCUT2D eigenvalue weighted by molar-refractivity contribution is 5.94. The molecule has 6 nitrogen and oxygen atoms in total. The van der Waals surface area contributed by atoms with Crippen LogP contribution in [0.5, 0.6) is 0 Å². The van der Waals surface area contributed by atoms with Gasteiger partial charge in [0.1, 0.15) is 0 Å². The lowest BCUT2D eigenvalue weighted by Crippen LogP contribution is -2.22. The number of rotatable bonds is 4. The van der Waals surface area contributed by atoms with Crippen molar-refractivity contribution in [2.24, 2.45) is 0 Å². The molecule has 0 aliphatic carbocycles. The summed E-state index contributed by atoms with van der Waals surface area (Å²) in [5.74, 6) is -0.253. The quantitative estimate of drug-likeness (QED) is 0.505. The predicted octanol–water partition coefficient (Wildman–Crippen LogP) is 2.11. The number of nitro groups is 1. The largest absolute Gasteiger partial charge is 0.399 e. The van der Waals surface area contributed by atoms with Crippen LogP contribution in [-0.2, 0) is 6.54 Å². The van der Waals surface area contributed by atoms with Crippen LogP contribution >= 0.6 is 0 Å². The maximum Gasteiger partial charge on any atom is 0.269 e. The smallest absolute Gasteiger partial charge is 0.269 e. The van der Waals surface area contributed by atoms with Crippen LogP contribution in [0, 0.1) is 10.1 Å². The van der Waals surface area contributed by atoms with Crippen molar-refractivity contribution in [2.75, 3.05) is 5.73 Å². The number of nitrogens with two attached hydrogens (primary N) is 1. The van der Waals surface area contributed by atoms with Gasteiger partial charge in [-0.25, -0.2) is 0 Å². The van der Waals surface area contributed by atoms with Gasteiger partial charge >= 0.3 is 0 Å². The van der Waals surface area contributed by atoms with Crippen LogP contribution in [0.1, 0.15) is 15.9 Å². The first kappa shape index (κ1) is 13.5. The summed E-state index contributed by atoms with van der Waals surface area (Å²) in [6.07, 6.45) is 0. The van der Waals surface area contributed by atoms with Gasteiger partial charge in [-0.3, -0.25) is 14.9 Å². The highest BCUT2D eigenvalue weighted by Crippen LogP contribution is 2.13. The van der Waals surface area contributed by atoms with Crippen LogP contribution in [0.3, 0.4) is 0 Å². The molecule has 0 heterocycles. The number of hydrogen-bond acceptors (Lipinski definition) is 4. The topological polar surface area (TPSA) is 98.3 Å². The molecule has 0 bridgehead atoms. The van der Waals surface area contributed by atoms with Crippen molar-refractivity contribution in [3.05, 3.63) is 69.8 Å². The standard InChI is InChI=1S/C14H13N3O3/c15-12-6-4-11(5-7-12)14(18)16-9-10-2-1-3-13(8-10)17(19)20/h1-8H,9,15H2,(H,16,18). The summed E-state index contributed by atoms with van der Waals surface area (Å²) in [6.45, 7) is 0.227. The number of carbonyl (C=O) groups is 1. The van der Waals surface area contributed by atoms with Gasteiger partial charge in [-0.2, -0.15) is 0 Å². The first-order valence-corrected chi connectivity index (χ1v) is 5.93. The van der Waals surface area contributed by atoms with Gasteiger partial charge < -0.3 is 11.1 Å². The fourth-order valence-electron chi connectivity index (χ4n) is 1.70. The molecule has 0 atom stereocenters. The summed E-state index contributed by atoms with van der Waals surface area (Å²) < 4.78 is 0. The van der Waals surface area contributed by atoms with Crippen LogP contribution < -0.4 is 11.1 Å². The number of non-ortho nitro benzene ring substituents is 1. The number of carbonyl (C=O) groups excluding carboxylic acids is 1. The fourth-order valence-corrected chi connectivity index (χ4v) is 1.70. The van der Waals surface area contributed by atoms with E-state index in [1.54, 1.807) is 36.4 Å². The minimum absolute atomic E-state index is 0.00392. The zero-order valence-corrected chi connectivity index (χ0v) is 10.6. The molecule has 0 saturated heterocycles. The van der Waals surface area contributed by atoms with Crippen LogP contribution in [0.15, 0.2) is 48.5 Å². The second-order valence-corrected chi connectivity index (χ2v) is 4.23. The third-order valence-electron chi connectivity index (χ3n) is 2.75. The number of nitrogens with zero attached hydrogens (tertiary/aromatic N) is 1. The molecule has 1 amide bonds. The molecule has 2 aromatic rings. The minimum Gasteiger partial charge on any atom is -0.399 e. The number of benzene rings is 2. The van der Waals surface area contributed by atoms with E-state index in [0.29, 0.717) is 16.8 Å². The molecule has 20 heavy (non-hydrogen) atoms. The Kier molecular flexibility index (Phi) is 3.95. The first-order valence-electron chi connectivity index (χ1n) is 5.93. The van der Waals surface area contributed by atoms with Gasteiger partial charge in [0, 0.05) is 29.9 Å². The van der Waals surface area contributed by atoms with Gasteiger partial charge in [-0.05, 0) is 29.8 Å². The number of nitrogens with one attached hydrogen (secondary N) is 1.